The molecule has 0 radical (unpaired) electrons. The van der Waals surface area contributed by atoms with Crippen molar-refractivity contribution in [1.29, 1.82) is 0 Å². The SMILES string of the molecule is COc1c(C)c(O)cc(O)c1C(=O)C(C)C. The molecular weight excluding hydrogens is 208 g/mol. The van der Waals surface area contributed by atoms with Crippen LogP contribution >= 0.6 is 0 Å². The quantitative estimate of drug-likeness (QED) is 0.773. The van der Waals surface area contributed by atoms with Crippen LogP contribution in [0.5, 0.6) is 17.2 Å². The average Bonchev–Trinajstić information content (AvgIpc) is 2.21. The Balaban J connectivity index is 3.49. The molecule has 1 aromatic rings. The molecule has 0 aliphatic rings. The molecule has 0 bridgehead atoms. The number of carbonyl (C=O) groups is 1. The number of Topliss-reactive ketones (excluding diaryl/α,β-unsaturated/α-hetero) is 1. The Labute approximate surface area is 94.5 Å². The molecule has 2 N–H and O–H groups in total. The highest BCUT2D eigenvalue weighted by molar-refractivity contribution is 6.03. The molecule has 0 saturated carbocycles. The molecule has 4 heteroatoms. The van der Waals surface area contributed by atoms with E-state index in [1.54, 1.807) is 20.8 Å². The molecule has 0 fully saturated rings. The van der Waals surface area contributed by atoms with Gasteiger partial charge in [0.2, 0.25) is 0 Å². The van der Waals surface area contributed by atoms with E-state index in [4.69, 9.17) is 4.74 Å². The van der Waals surface area contributed by atoms with Crippen LogP contribution in [0.3, 0.4) is 0 Å². The van der Waals surface area contributed by atoms with E-state index in [9.17, 15) is 15.0 Å². The van der Waals surface area contributed by atoms with Gasteiger partial charge in [-0.05, 0) is 6.92 Å². The normalized spacial score (nSPS) is 10.6. The highest BCUT2D eigenvalue weighted by Crippen LogP contribution is 2.38. The van der Waals surface area contributed by atoms with Gasteiger partial charge in [0.05, 0.1) is 7.11 Å². The first kappa shape index (κ1) is 12.4. The Hall–Kier alpha value is -1.71. The molecule has 1 aromatic carbocycles. The lowest BCUT2D eigenvalue weighted by Gasteiger charge is -2.14. The maximum Gasteiger partial charge on any atom is 0.172 e. The number of aromatic hydroxyl groups is 2. The summed E-state index contributed by atoms with van der Waals surface area (Å²) in [6.45, 7) is 5.11. The number of ketones is 1. The van der Waals surface area contributed by atoms with E-state index in [1.807, 2.05) is 0 Å². The summed E-state index contributed by atoms with van der Waals surface area (Å²) in [6.07, 6.45) is 0. The van der Waals surface area contributed by atoms with Crippen molar-refractivity contribution >= 4 is 5.78 Å². The summed E-state index contributed by atoms with van der Waals surface area (Å²) in [6, 6.07) is 1.16. The Bertz CT molecular complexity index is 422. The van der Waals surface area contributed by atoms with Crippen molar-refractivity contribution in [2.75, 3.05) is 7.11 Å². The summed E-state index contributed by atoms with van der Waals surface area (Å²) in [4.78, 5) is 11.9. The van der Waals surface area contributed by atoms with Crippen LogP contribution in [0.2, 0.25) is 0 Å². The molecule has 0 unspecified atom stereocenters. The second-order valence-corrected chi connectivity index (χ2v) is 3.97. The molecule has 0 saturated heterocycles. The molecule has 88 valence electrons. The number of carbonyl (C=O) groups excluding carboxylic acids is 1. The van der Waals surface area contributed by atoms with E-state index in [-0.39, 0.29) is 34.5 Å². The van der Waals surface area contributed by atoms with Gasteiger partial charge in [0.1, 0.15) is 22.8 Å². The van der Waals surface area contributed by atoms with Gasteiger partial charge in [-0.1, -0.05) is 13.8 Å². The Kier molecular flexibility index (Phi) is 3.42. The maximum absolute atomic E-state index is 11.9. The minimum Gasteiger partial charge on any atom is -0.507 e. The van der Waals surface area contributed by atoms with Crippen LogP contribution in [-0.2, 0) is 0 Å². The number of phenolic OH excluding ortho intramolecular Hbond substituents is 2. The van der Waals surface area contributed by atoms with Crippen LogP contribution in [-0.4, -0.2) is 23.1 Å². The predicted octanol–water partition coefficient (Wildman–Crippen LogP) is 2.25. The fourth-order valence-electron chi connectivity index (χ4n) is 1.51. The lowest BCUT2D eigenvalue weighted by atomic mass is 9.97. The van der Waals surface area contributed by atoms with Crippen molar-refractivity contribution in [3.63, 3.8) is 0 Å². The number of phenols is 2. The van der Waals surface area contributed by atoms with Gasteiger partial charge in [0.25, 0.3) is 0 Å². The van der Waals surface area contributed by atoms with Gasteiger partial charge in [0, 0.05) is 17.5 Å². The standard InChI is InChI=1S/C12H16O4/c1-6(2)11(15)10-9(14)5-8(13)7(3)12(10)16-4/h5-6,13-14H,1-4H3. The van der Waals surface area contributed by atoms with Crippen molar-refractivity contribution in [3.05, 3.63) is 17.2 Å². The third-order valence-electron chi connectivity index (χ3n) is 2.46. The van der Waals surface area contributed by atoms with E-state index in [0.717, 1.165) is 6.07 Å². The number of methoxy groups -OCH3 is 1. The molecule has 0 aliphatic carbocycles. The largest absolute Gasteiger partial charge is 0.507 e. The summed E-state index contributed by atoms with van der Waals surface area (Å²) in [5, 5.41) is 19.2. The monoisotopic (exact) mass is 224 g/mol. The van der Waals surface area contributed by atoms with Gasteiger partial charge in [-0.15, -0.1) is 0 Å². The summed E-state index contributed by atoms with van der Waals surface area (Å²) in [5.41, 5.74) is 0.581. The lowest BCUT2D eigenvalue weighted by Crippen LogP contribution is -2.10. The molecule has 0 aliphatic heterocycles. The van der Waals surface area contributed by atoms with Crippen LogP contribution in [0.4, 0.5) is 0 Å². The number of benzene rings is 1. The van der Waals surface area contributed by atoms with Crippen molar-refractivity contribution in [2.24, 2.45) is 5.92 Å². The molecule has 0 heterocycles. The minimum absolute atomic E-state index is 0.0883. The van der Waals surface area contributed by atoms with Crippen molar-refractivity contribution < 1.29 is 19.7 Å². The smallest absolute Gasteiger partial charge is 0.172 e. The molecule has 1 rings (SSSR count). The first-order valence-electron chi connectivity index (χ1n) is 5.03. The molecule has 16 heavy (non-hydrogen) atoms. The molecule has 0 amide bonds. The third-order valence-corrected chi connectivity index (χ3v) is 2.46. The van der Waals surface area contributed by atoms with Gasteiger partial charge in [0.15, 0.2) is 5.78 Å². The van der Waals surface area contributed by atoms with E-state index >= 15 is 0 Å². The topological polar surface area (TPSA) is 66.8 Å². The first-order chi connectivity index (χ1) is 7.40. The van der Waals surface area contributed by atoms with E-state index < -0.39 is 0 Å². The average molecular weight is 224 g/mol. The van der Waals surface area contributed by atoms with E-state index in [2.05, 4.69) is 0 Å². The molecular formula is C12H16O4. The Morgan fingerprint density at radius 3 is 2.31 bits per heavy atom. The number of ether oxygens (including phenoxy) is 1. The Morgan fingerprint density at radius 1 is 1.31 bits per heavy atom. The summed E-state index contributed by atoms with van der Waals surface area (Å²) < 4.78 is 5.07. The molecule has 0 spiro atoms. The number of hydrogen-bond donors (Lipinski definition) is 2. The van der Waals surface area contributed by atoms with Gasteiger partial charge in [-0.2, -0.15) is 0 Å². The van der Waals surface area contributed by atoms with E-state index in [0.29, 0.717) is 5.56 Å². The van der Waals surface area contributed by atoms with E-state index in [1.165, 1.54) is 7.11 Å². The summed E-state index contributed by atoms with van der Waals surface area (Å²) in [5.74, 6) is -0.564. The zero-order valence-corrected chi connectivity index (χ0v) is 9.87. The van der Waals surface area contributed by atoms with Crippen molar-refractivity contribution in [3.8, 4) is 17.2 Å². The van der Waals surface area contributed by atoms with Crippen LogP contribution in [0, 0.1) is 12.8 Å². The second kappa shape index (κ2) is 4.43. The Morgan fingerprint density at radius 2 is 1.88 bits per heavy atom. The van der Waals surface area contributed by atoms with Crippen molar-refractivity contribution in [2.45, 2.75) is 20.8 Å². The third kappa shape index (κ3) is 1.96. The number of rotatable bonds is 3. The van der Waals surface area contributed by atoms with Gasteiger partial charge in [-0.25, -0.2) is 0 Å². The zero-order chi connectivity index (χ0) is 12.5. The molecule has 4 nitrogen and oxygen atoms in total. The molecule has 0 atom stereocenters. The van der Waals surface area contributed by atoms with Crippen LogP contribution in [0.25, 0.3) is 0 Å². The van der Waals surface area contributed by atoms with Gasteiger partial charge < -0.3 is 14.9 Å². The summed E-state index contributed by atoms with van der Waals surface area (Å²) >= 11 is 0. The van der Waals surface area contributed by atoms with Crippen LogP contribution in [0.1, 0.15) is 29.8 Å². The van der Waals surface area contributed by atoms with Gasteiger partial charge in [-0.3, -0.25) is 4.79 Å². The zero-order valence-electron chi connectivity index (χ0n) is 9.87. The van der Waals surface area contributed by atoms with Crippen LogP contribution < -0.4 is 4.74 Å². The fourth-order valence-corrected chi connectivity index (χ4v) is 1.51. The minimum atomic E-state index is -0.251. The van der Waals surface area contributed by atoms with Crippen LogP contribution in [0.15, 0.2) is 6.07 Å². The first-order valence-corrected chi connectivity index (χ1v) is 5.03. The lowest BCUT2D eigenvalue weighted by molar-refractivity contribution is 0.0933. The second-order valence-electron chi connectivity index (χ2n) is 3.97. The summed E-state index contributed by atoms with van der Waals surface area (Å²) in [7, 11) is 1.40. The molecule has 0 aromatic heterocycles. The number of hydrogen-bond acceptors (Lipinski definition) is 4. The van der Waals surface area contributed by atoms with Gasteiger partial charge >= 0.3 is 0 Å². The highest BCUT2D eigenvalue weighted by atomic mass is 16.5. The predicted molar refractivity (Wildman–Crippen MR) is 60.2 cm³/mol. The maximum atomic E-state index is 11.9. The highest BCUT2D eigenvalue weighted by Gasteiger charge is 2.23. The van der Waals surface area contributed by atoms with Crippen molar-refractivity contribution in [1.82, 2.24) is 0 Å². The fraction of sp³-hybridized carbons (Fsp3) is 0.417.